The normalized spacial score (nSPS) is 12.6. The predicted octanol–water partition coefficient (Wildman–Crippen LogP) is 2.75. The average Bonchev–Trinajstić information content (AvgIpc) is 2.92. The maximum absolute atomic E-state index is 4.42. The van der Waals surface area contributed by atoms with Gasteiger partial charge in [0, 0.05) is 19.0 Å². The second kappa shape index (κ2) is 7.20. The van der Waals surface area contributed by atoms with Crippen LogP contribution in [0.1, 0.15) is 43.3 Å². The maximum Gasteiger partial charge on any atom is 0.138 e. The Labute approximate surface area is 121 Å². The van der Waals surface area contributed by atoms with Gasteiger partial charge in [-0.2, -0.15) is 5.10 Å². The fourth-order valence-corrected chi connectivity index (χ4v) is 2.59. The molecule has 1 atom stereocenters. The standard InChI is InChI=1S/C16H24N4/c1-4-10-20-16(18-12-19-20)11-15(17-3)14-9-7-6-8-13(14)5-2/h6-9,12,15,17H,4-5,10-11H2,1-3H3. The van der Waals surface area contributed by atoms with E-state index >= 15 is 0 Å². The van der Waals surface area contributed by atoms with Crippen molar-refractivity contribution < 1.29 is 0 Å². The van der Waals surface area contributed by atoms with Crippen LogP contribution in [0.3, 0.4) is 0 Å². The number of benzene rings is 1. The van der Waals surface area contributed by atoms with Gasteiger partial charge in [0.25, 0.3) is 0 Å². The summed E-state index contributed by atoms with van der Waals surface area (Å²) in [4.78, 5) is 4.42. The molecule has 1 aromatic carbocycles. The largest absolute Gasteiger partial charge is 0.313 e. The monoisotopic (exact) mass is 272 g/mol. The van der Waals surface area contributed by atoms with Crippen molar-refractivity contribution in [3.63, 3.8) is 0 Å². The summed E-state index contributed by atoms with van der Waals surface area (Å²) in [5.74, 6) is 1.05. The van der Waals surface area contributed by atoms with Gasteiger partial charge in [0.15, 0.2) is 0 Å². The van der Waals surface area contributed by atoms with Crippen LogP contribution >= 0.6 is 0 Å². The van der Waals surface area contributed by atoms with Gasteiger partial charge in [-0.25, -0.2) is 4.98 Å². The molecule has 0 fully saturated rings. The maximum atomic E-state index is 4.42. The number of aromatic nitrogens is 3. The van der Waals surface area contributed by atoms with Crippen molar-refractivity contribution in [3.8, 4) is 0 Å². The Hall–Kier alpha value is -1.68. The zero-order chi connectivity index (χ0) is 14.4. The van der Waals surface area contributed by atoms with E-state index in [1.54, 1.807) is 6.33 Å². The van der Waals surface area contributed by atoms with Crippen molar-refractivity contribution in [1.82, 2.24) is 20.1 Å². The number of hydrogen-bond acceptors (Lipinski definition) is 3. The second-order valence-electron chi connectivity index (χ2n) is 5.00. The van der Waals surface area contributed by atoms with Crippen LogP contribution in [0.15, 0.2) is 30.6 Å². The highest BCUT2D eigenvalue weighted by molar-refractivity contribution is 5.30. The molecule has 2 aromatic rings. The van der Waals surface area contributed by atoms with E-state index in [-0.39, 0.29) is 6.04 Å². The highest BCUT2D eigenvalue weighted by Crippen LogP contribution is 2.21. The lowest BCUT2D eigenvalue weighted by Crippen LogP contribution is -2.22. The van der Waals surface area contributed by atoms with E-state index in [4.69, 9.17) is 0 Å². The quantitative estimate of drug-likeness (QED) is 0.843. The molecule has 0 spiro atoms. The molecule has 1 heterocycles. The van der Waals surface area contributed by atoms with Crippen LogP contribution in [0.25, 0.3) is 0 Å². The van der Waals surface area contributed by atoms with Gasteiger partial charge in [-0.05, 0) is 31.0 Å². The highest BCUT2D eigenvalue weighted by atomic mass is 15.3. The van der Waals surface area contributed by atoms with E-state index in [9.17, 15) is 0 Å². The molecule has 0 aliphatic heterocycles. The fourth-order valence-electron chi connectivity index (χ4n) is 2.59. The van der Waals surface area contributed by atoms with Crippen LogP contribution in [0.5, 0.6) is 0 Å². The lowest BCUT2D eigenvalue weighted by Gasteiger charge is -2.19. The predicted molar refractivity (Wildman–Crippen MR) is 81.6 cm³/mol. The fraction of sp³-hybridized carbons (Fsp3) is 0.500. The first-order valence-corrected chi connectivity index (χ1v) is 7.41. The van der Waals surface area contributed by atoms with Gasteiger partial charge in [0.1, 0.15) is 12.2 Å². The van der Waals surface area contributed by atoms with Crippen molar-refractivity contribution in [2.75, 3.05) is 7.05 Å². The second-order valence-corrected chi connectivity index (χ2v) is 5.00. The van der Waals surface area contributed by atoms with Crippen molar-refractivity contribution in [2.45, 2.75) is 45.7 Å². The summed E-state index contributed by atoms with van der Waals surface area (Å²) in [5, 5.41) is 7.73. The van der Waals surface area contributed by atoms with Crippen LogP contribution in [0, 0.1) is 0 Å². The Morgan fingerprint density at radius 3 is 2.75 bits per heavy atom. The summed E-state index contributed by atoms with van der Waals surface area (Å²) in [7, 11) is 2.01. The molecular weight excluding hydrogens is 248 g/mol. The Bertz CT molecular complexity index is 533. The van der Waals surface area contributed by atoms with Gasteiger partial charge in [0.2, 0.25) is 0 Å². The summed E-state index contributed by atoms with van der Waals surface area (Å²) in [5.41, 5.74) is 2.76. The Kier molecular flexibility index (Phi) is 5.30. The van der Waals surface area contributed by atoms with Crippen LogP contribution in [-0.4, -0.2) is 21.8 Å². The van der Waals surface area contributed by atoms with Crippen molar-refractivity contribution in [1.29, 1.82) is 0 Å². The molecule has 0 radical (unpaired) electrons. The molecule has 2 rings (SSSR count). The molecule has 0 saturated heterocycles. The number of aryl methyl sites for hydroxylation is 2. The van der Waals surface area contributed by atoms with E-state index in [0.717, 1.165) is 31.6 Å². The van der Waals surface area contributed by atoms with Crippen molar-refractivity contribution >= 4 is 0 Å². The summed E-state index contributed by atoms with van der Waals surface area (Å²) in [6, 6.07) is 8.91. The molecule has 108 valence electrons. The summed E-state index contributed by atoms with van der Waals surface area (Å²) in [6.45, 7) is 5.29. The number of nitrogens with one attached hydrogen (secondary N) is 1. The summed E-state index contributed by atoms with van der Waals surface area (Å²) >= 11 is 0. The molecule has 4 nitrogen and oxygen atoms in total. The van der Waals surface area contributed by atoms with Crippen LogP contribution in [0.4, 0.5) is 0 Å². The average molecular weight is 272 g/mol. The summed E-state index contributed by atoms with van der Waals surface area (Å²) in [6.07, 6.45) is 4.65. The smallest absolute Gasteiger partial charge is 0.138 e. The third kappa shape index (κ3) is 3.25. The van der Waals surface area contributed by atoms with Crippen molar-refractivity contribution in [3.05, 3.63) is 47.5 Å². The third-order valence-electron chi connectivity index (χ3n) is 3.68. The van der Waals surface area contributed by atoms with Gasteiger partial charge >= 0.3 is 0 Å². The third-order valence-corrected chi connectivity index (χ3v) is 3.68. The molecule has 1 N–H and O–H groups in total. The van der Waals surface area contributed by atoms with E-state index in [0.29, 0.717) is 0 Å². The molecule has 0 bridgehead atoms. The molecular formula is C16H24N4. The lowest BCUT2D eigenvalue weighted by molar-refractivity contribution is 0.515. The van der Waals surface area contributed by atoms with E-state index in [1.165, 1.54) is 11.1 Å². The first-order chi connectivity index (χ1) is 9.80. The van der Waals surface area contributed by atoms with Gasteiger partial charge in [0.05, 0.1) is 0 Å². The van der Waals surface area contributed by atoms with Gasteiger partial charge in [-0.15, -0.1) is 0 Å². The number of rotatable bonds is 7. The molecule has 0 aliphatic rings. The molecule has 1 aromatic heterocycles. The van der Waals surface area contributed by atoms with Crippen molar-refractivity contribution in [2.24, 2.45) is 0 Å². The zero-order valence-electron chi connectivity index (χ0n) is 12.6. The SMILES string of the molecule is CCCn1ncnc1CC(NC)c1ccccc1CC. The topological polar surface area (TPSA) is 42.7 Å². The minimum atomic E-state index is 0.283. The van der Waals surface area contributed by atoms with Gasteiger partial charge < -0.3 is 5.32 Å². The van der Waals surface area contributed by atoms with E-state index in [2.05, 4.69) is 53.5 Å². The van der Waals surface area contributed by atoms with Gasteiger partial charge in [-0.1, -0.05) is 38.1 Å². The highest BCUT2D eigenvalue weighted by Gasteiger charge is 2.16. The summed E-state index contributed by atoms with van der Waals surface area (Å²) < 4.78 is 2.01. The molecule has 0 aliphatic carbocycles. The minimum absolute atomic E-state index is 0.283. The van der Waals surface area contributed by atoms with Gasteiger partial charge in [-0.3, -0.25) is 4.68 Å². The van der Waals surface area contributed by atoms with Crippen LogP contribution in [-0.2, 0) is 19.4 Å². The zero-order valence-corrected chi connectivity index (χ0v) is 12.6. The van der Waals surface area contributed by atoms with E-state index in [1.807, 2.05) is 11.7 Å². The molecule has 0 saturated carbocycles. The molecule has 1 unspecified atom stereocenters. The number of hydrogen-bond donors (Lipinski definition) is 1. The molecule has 0 amide bonds. The first-order valence-electron chi connectivity index (χ1n) is 7.41. The van der Waals surface area contributed by atoms with Crippen LogP contribution < -0.4 is 5.32 Å². The molecule has 20 heavy (non-hydrogen) atoms. The number of nitrogens with zero attached hydrogens (tertiary/aromatic N) is 3. The molecule has 4 heteroatoms. The number of likely N-dealkylation sites (N-methyl/N-ethyl adjacent to an activating group) is 1. The Morgan fingerprint density at radius 1 is 1.25 bits per heavy atom. The lowest BCUT2D eigenvalue weighted by atomic mass is 9.96. The first kappa shape index (κ1) is 14.7. The Morgan fingerprint density at radius 2 is 2.05 bits per heavy atom. The van der Waals surface area contributed by atoms with E-state index < -0.39 is 0 Å². The minimum Gasteiger partial charge on any atom is -0.313 e. The Balaban J connectivity index is 2.22. The van der Waals surface area contributed by atoms with Crippen LogP contribution in [0.2, 0.25) is 0 Å².